The van der Waals surface area contributed by atoms with E-state index >= 15 is 0 Å². The van der Waals surface area contributed by atoms with Gasteiger partial charge in [-0.05, 0) is 18.8 Å². The summed E-state index contributed by atoms with van der Waals surface area (Å²) in [4.78, 5) is 22.5. The highest BCUT2D eigenvalue weighted by molar-refractivity contribution is 5.87. The molecule has 1 aliphatic rings. The van der Waals surface area contributed by atoms with Gasteiger partial charge in [0.05, 0.1) is 0 Å². The van der Waals surface area contributed by atoms with Gasteiger partial charge in [-0.3, -0.25) is 4.79 Å². The average Bonchev–Trinajstić information content (AvgIpc) is 2.96. The predicted octanol–water partition coefficient (Wildman–Crippen LogP) is 0.348. The Bertz CT molecular complexity index is 251. The minimum atomic E-state index is -0.647. The summed E-state index contributed by atoms with van der Waals surface area (Å²) in [5.74, 6) is -0.0260. The molecule has 0 unspecified atom stereocenters. The third-order valence-corrected chi connectivity index (χ3v) is 2.72. The van der Waals surface area contributed by atoms with Crippen molar-refractivity contribution in [3.63, 3.8) is 0 Å². The van der Waals surface area contributed by atoms with Crippen LogP contribution in [0.3, 0.4) is 0 Å². The lowest BCUT2D eigenvalue weighted by Gasteiger charge is -2.22. The van der Waals surface area contributed by atoms with Crippen LogP contribution < -0.4 is 16.4 Å². The van der Waals surface area contributed by atoms with E-state index in [9.17, 15) is 9.59 Å². The van der Waals surface area contributed by atoms with Crippen molar-refractivity contribution in [2.45, 2.75) is 45.2 Å². The number of hydrogen-bond donors (Lipinski definition) is 3. The molecule has 3 amide bonds. The molecule has 1 aliphatic carbocycles. The smallest absolute Gasteiger partial charge is 0.312 e. The summed E-state index contributed by atoms with van der Waals surface area (Å²) < 4.78 is 0. The predicted molar refractivity (Wildman–Crippen MR) is 57.1 cm³/mol. The molecule has 0 aromatic rings. The summed E-state index contributed by atoms with van der Waals surface area (Å²) >= 11 is 0. The maximum absolute atomic E-state index is 11.7. The van der Waals surface area contributed by atoms with E-state index in [0.29, 0.717) is 6.04 Å². The molecule has 0 aromatic carbocycles. The number of nitrogens with two attached hydrogens (primary N) is 1. The van der Waals surface area contributed by atoms with Gasteiger partial charge in [0.15, 0.2) is 0 Å². The number of hydrogen-bond acceptors (Lipinski definition) is 2. The summed E-state index contributed by atoms with van der Waals surface area (Å²) in [6, 6.07) is -0.849. The minimum absolute atomic E-state index is 0.0937. The van der Waals surface area contributed by atoms with Gasteiger partial charge in [-0.2, -0.15) is 0 Å². The second-order valence-corrected chi connectivity index (χ2v) is 4.15. The first-order valence-corrected chi connectivity index (χ1v) is 5.41. The zero-order chi connectivity index (χ0) is 11.4. The molecule has 0 bridgehead atoms. The van der Waals surface area contributed by atoms with Crippen LogP contribution in [-0.2, 0) is 4.79 Å². The summed E-state index contributed by atoms with van der Waals surface area (Å²) in [7, 11) is 0. The fourth-order valence-electron chi connectivity index (χ4n) is 1.37. The van der Waals surface area contributed by atoms with Gasteiger partial charge in [0.1, 0.15) is 6.04 Å². The molecule has 0 heterocycles. The van der Waals surface area contributed by atoms with Crippen molar-refractivity contribution in [3.8, 4) is 0 Å². The van der Waals surface area contributed by atoms with Gasteiger partial charge in [0.25, 0.3) is 0 Å². The largest absolute Gasteiger partial charge is 0.352 e. The molecule has 1 fully saturated rings. The Morgan fingerprint density at radius 1 is 1.47 bits per heavy atom. The number of carbonyl (C=O) groups excluding carboxylic acids is 2. The molecule has 1 saturated carbocycles. The Morgan fingerprint density at radius 3 is 2.47 bits per heavy atom. The Hall–Kier alpha value is -1.26. The first-order chi connectivity index (χ1) is 7.04. The first-order valence-electron chi connectivity index (χ1n) is 5.41. The topological polar surface area (TPSA) is 84.2 Å². The van der Waals surface area contributed by atoms with Crippen LogP contribution >= 0.6 is 0 Å². The summed E-state index contributed by atoms with van der Waals surface area (Å²) in [6.45, 7) is 3.90. The second kappa shape index (κ2) is 5.00. The number of carbonyl (C=O) groups is 2. The highest BCUT2D eigenvalue weighted by Crippen LogP contribution is 2.19. The lowest BCUT2D eigenvalue weighted by atomic mass is 9.98. The zero-order valence-corrected chi connectivity index (χ0v) is 9.25. The molecular formula is C10H19N3O2. The summed E-state index contributed by atoms with van der Waals surface area (Å²) in [5, 5.41) is 5.36. The molecule has 4 N–H and O–H groups in total. The molecule has 1 rings (SSSR count). The van der Waals surface area contributed by atoms with E-state index in [0.717, 1.165) is 19.3 Å². The number of primary amides is 1. The molecule has 15 heavy (non-hydrogen) atoms. The van der Waals surface area contributed by atoms with Crippen LogP contribution in [0.15, 0.2) is 0 Å². The van der Waals surface area contributed by atoms with Gasteiger partial charge >= 0.3 is 6.03 Å². The van der Waals surface area contributed by atoms with Crippen LogP contribution in [-0.4, -0.2) is 24.0 Å². The van der Waals surface area contributed by atoms with Crippen LogP contribution in [0.1, 0.15) is 33.1 Å². The third-order valence-electron chi connectivity index (χ3n) is 2.72. The monoisotopic (exact) mass is 213 g/mol. The van der Waals surface area contributed by atoms with E-state index < -0.39 is 12.1 Å². The molecule has 0 aliphatic heterocycles. The Balaban J connectivity index is 2.52. The first kappa shape index (κ1) is 11.8. The summed E-state index contributed by atoms with van der Waals surface area (Å²) in [5.41, 5.74) is 5.04. The van der Waals surface area contributed by atoms with E-state index in [2.05, 4.69) is 10.6 Å². The van der Waals surface area contributed by atoms with Crippen LogP contribution in [0, 0.1) is 5.92 Å². The average molecular weight is 213 g/mol. The van der Waals surface area contributed by atoms with E-state index in [1.165, 1.54) is 0 Å². The quantitative estimate of drug-likeness (QED) is 0.615. The minimum Gasteiger partial charge on any atom is -0.352 e. The van der Waals surface area contributed by atoms with Crippen molar-refractivity contribution < 1.29 is 9.59 Å². The Kier molecular flexibility index (Phi) is 3.94. The van der Waals surface area contributed by atoms with Crippen LogP contribution in [0.5, 0.6) is 0 Å². The molecule has 2 atom stereocenters. The maximum Gasteiger partial charge on any atom is 0.312 e. The van der Waals surface area contributed by atoms with Gasteiger partial charge in [-0.25, -0.2) is 4.79 Å². The summed E-state index contributed by atoms with van der Waals surface area (Å²) in [6.07, 6.45) is 2.90. The van der Waals surface area contributed by atoms with Crippen molar-refractivity contribution in [1.29, 1.82) is 0 Å². The standard InChI is InChI=1S/C10H19N3O2/c1-3-6(2)8(13-10(11)15)9(14)12-7-4-5-7/h6-8H,3-5H2,1-2H3,(H,12,14)(H3,11,13,15)/t6-,8-/m0/s1. The maximum atomic E-state index is 11.7. The van der Waals surface area contributed by atoms with E-state index in [-0.39, 0.29) is 11.8 Å². The van der Waals surface area contributed by atoms with Gasteiger partial charge in [0.2, 0.25) is 5.91 Å². The van der Waals surface area contributed by atoms with Crippen molar-refractivity contribution in [1.82, 2.24) is 10.6 Å². The van der Waals surface area contributed by atoms with Crippen LogP contribution in [0.4, 0.5) is 4.79 Å². The molecule has 0 spiro atoms. The molecule has 0 saturated heterocycles. The molecule has 5 heteroatoms. The molecule has 0 aromatic heterocycles. The highest BCUT2D eigenvalue weighted by Gasteiger charge is 2.30. The fraction of sp³-hybridized carbons (Fsp3) is 0.800. The van der Waals surface area contributed by atoms with Gasteiger partial charge in [-0.1, -0.05) is 20.3 Å². The highest BCUT2D eigenvalue weighted by atomic mass is 16.2. The number of amides is 3. The van der Waals surface area contributed by atoms with Gasteiger partial charge in [-0.15, -0.1) is 0 Å². The SMILES string of the molecule is CC[C@H](C)[C@H](NC(N)=O)C(=O)NC1CC1. The Labute approximate surface area is 89.8 Å². The number of urea groups is 1. The number of nitrogens with one attached hydrogen (secondary N) is 2. The van der Waals surface area contributed by atoms with E-state index in [1.54, 1.807) is 0 Å². The molecule has 0 radical (unpaired) electrons. The normalized spacial score (nSPS) is 19.1. The lowest BCUT2D eigenvalue weighted by Crippen LogP contribution is -2.52. The van der Waals surface area contributed by atoms with Gasteiger partial charge in [0, 0.05) is 6.04 Å². The molecular weight excluding hydrogens is 194 g/mol. The third kappa shape index (κ3) is 3.77. The zero-order valence-electron chi connectivity index (χ0n) is 9.25. The van der Waals surface area contributed by atoms with Crippen LogP contribution in [0.2, 0.25) is 0 Å². The van der Waals surface area contributed by atoms with E-state index in [4.69, 9.17) is 5.73 Å². The van der Waals surface area contributed by atoms with Gasteiger partial charge < -0.3 is 16.4 Å². The van der Waals surface area contributed by atoms with Crippen molar-refractivity contribution in [2.75, 3.05) is 0 Å². The lowest BCUT2D eigenvalue weighted by molar-refractivity contribution is -0.124. The fourth-order valence-corrected chi connectivity index (χ4v) is 1.37. The number of rotatable bonds is 5. The van der Waals surface area contributed by atoms with Crippen molar-refractivity contribution in [3.05, 3.63) is 0 Å². The van der Waals surface area contributed by atoms with Crippen LogP contribution in [0.25, 0.3) is 0 Å². The van der Waals surface area contributed by atoms with Crippen molar-refractivity contribution in [2.24, 2.45) is 11.7 Å². The van der Waals surface area contributed by atoms with Crippen molar-refractivity contribution >= 4 is 11.9 Å². The molecule has 86 valence electrons. The second-order valence-electron chi connectivity index (χ2n) is 4.15. The van der Waals surface area contributed by atoms with E-state index in [1.807, 2.05) is 13.8 Å². The molecule has 5 nitrogen and oxygen atoms in total. The Morgan fingerprint density at radius 2 is 2.07 bits per heavy atom.